The molecule has 2 N–H and O–H groups in total. The lowest BCUT2D eigenvalue weighted by Gasteiger charge is -2.15. The van der Waals surface area contributed by atoms with E-state index in [1.54, 1.807) is 36.4 Å². The Kier molecular flexibility index (Phi) is 9.26. The number of benzene rings is 3. The van der Waals surface area contributed by atoms with E-state index in [2.05, 4.69) is 33.2 Å². The smallest absolute Gasteiger partial charge is 0.266 e. The third-order valence-electron chi connectivity index (χ3n) is 4.72. The van der Waals surface area contributed by atoms with Crippen molar-refractivity contribution in [2.24, 2.45) is 0 Å². The van der Waals surface area contributed by atoms with E-state index in [4.69, 9.17) is 9.47 Å². The number of para-hydroxylation sites is 1. The van der Waals surface area contributed by atoms with Gasteiger partial charge in [0.1, 0.15) is 11.6 Å². The van der Waals surface area contributed by atoms with Crippen molar-refractivity contribution in [1.82, 2.24) is 0 Å². The molecular formula is C27H24IN3O4. The molecule has 0 heterocycles. The minimum atomic E-state index is -0.512. The molecular weight excluding hydrogens is 557 g/mol. The quantitative estimate of drug-likeness (QED) is 0.196. The summed E-state index contributed by atoms with van der Waals surface area (Å²) < 4.78 is 12.2. The summed E-state index contributed by atoms with van der Waals surface area (Å²) in [5.74, 6) is 0.00464. The number of rotatable bonds is 9. The molecule has 0 aliphatic carbocycles. The van der Waals surface area contributed by atoms with Gasteiger partial charge in [-0.3, -0.25) is 9.59 Å². The van der Waals surface area contributed by atoms with Gasteiger partial charge in [-0.05, 0) is 84.5 Å². The normalized spacial score (nSPS) is 10.7. The first-order valence-electron chi connectivity index (χ1n) is 10.8. The zero-order chi connectivity index (χ0) is 25.2. The Labute approximate surface area is 217 Å². The van der Waals surface area contributed by atoms with Crippen molar-refractivity contribution in [1.29, 1.82) is 5.26 Å². The van der Waals surface area contributed by atoms with Gasteiger partial charge in [0.15, 0.2) is 18.1 Å². The number of nitrogens with one attached hydrogen (secondary N) is 2. The summed E-state index contributed by atoms with van der Waals surface area (Å²) in [4.78, 5) is 24.9. The van der Waals surface area contributed by atoms with E-state index < -0.39 is 5.91 Å². The summed E-state index contributed by atoms with van der Waals surface area (Å²) in [6.45, 7) is 3.95. The number of anilines is 2. The lowest BCUT2D eigenvalue weighted by molar-refractivity contribution is -0.118. The second-order valence-electron chi connectivity index (χ2n) is 7.46. The zero-order valence-electron chi connectivity index (χ0n) is 19.3. The van der Waals surface area contributed by atoms with Crippen LogP contribution in [0.2, 0.25) is 0 Å². The van der Waals surface area contributed by atoms with Crippen LogP contribution in [0.5, 0.6) is 11.5 Å². The standard InChI is InChI=1S/C27H24IN3O4/c1-3-34-24-15-19(13-20(16-29)27(33)31-22-11-9-18(2)10-12-22)14-23(28)26(24)35-17-25(32)30-21-7-5-4-6-8-21/h4-15H,3,17H2,1-2H3,(H,30,32)(H,31,33)/b20-13+. The number of ether oxygens (including phenoxy) is 2. The first kappa shape index (κ1) is 25.8. The van der Waals surface area contributed by atoms with E-state index in [9.17, 15) is 14.9 Å². The fraction of sp³-hybridized carbons (Fsp3) is 0.148. The van der Waals surface area contributed by atoms with Crippen LogP contribution in [-0.2, 0) is 9.59 Å². The minimum absolute atomic E-state index is 0.0558. The highest BCUT2D eigenvalue weighted by Crippen LogP contribution is 2.35. The van der Waals surface area contributed by atoms with Crippen molar-refractivity contribution < 1.29 is 19.1 Å². The Bertz CT molecular complexity index is 1270. The SMILES string of the molecule is CCOc1cc(/C=C(\C#N)C(=O)Nc2ccc(C)cc2)cc(I)c1OCC(=O)Nc1ccccc1. The maximum Gasteiger partial charge on any atom is 0.266 e. The molecule has 0 saturated carbocycles. The summed E-state index contributed by atoms with van der Waals surface area (Å²) in [7, 11) is 0. The first-order valence-corrected chi connectivity index (χ1v) is 11.9. The van der Waals surface area contributed by atoms with E-state index in [1.807, 2.05) is 50.2 Å². The molecule has 3 aromatic carbocycles. The van der Waals surface area contributed by atoms with Crippen molar-refractivity contribution >= 4 is 51.9 Å². The topological polar surface area (TPSA) is 100 Å². The second kappa shape index (κ2) is 12.6. The molecule has 3 aromatic rings. The third-order valence-corrected chi connectivity index (χ3v) is 5.52. The predicted molar refractivity (Wildman–Crippen MR) is 144 cm³/mol. The van der Waals surface area contributed by atoms with E-state index in [0.29, 0.717) is 38.6 Å². The monoisotopic (exact) mass is 581 g/mol. The highest BCUT2D eigenvalue weighted by atomic mass is 127. The van der Waals surface area contributed by atoms with Gasteiger partial charge in [-0.2, -0.15) is 5.26 Å². The van der Waals surface area contributed by atoms with E-state index in [0.717, 1.165) is 5.56 Å². The Hall–Kier alpha value is -3.84. The Morgan fingerprint density at radius 2 is 1.69 bits per heavy atom. The van der Waals surface area contributed by atoms with Gasteiger partial charge in [-0.1, -0.05) is 35.9 Å². The van der Waals surface area contributed by atoms with Crippen LogP contribution >= 0.6 is 22.6 Å². The molecule has 0 aliphatic rings. The van der Waals surface area contributed by atoms with Crippen molar-refractivity contribution in [3.63, 3.8) is 0 Å². The number of carbonyl (C=O) groups excluding carboxylic acids is 2. The lowest BCUT2D eigenvalue weighted by atomic mass is 10.1. The number of nitriles is 1. The molecule has 0 unspecified atom stereocenters. The molecule has 0 aromatic heterocycles. The fourth-order valence-electron chi connectivity index (χ4n) is 3.08. The molecule has 8 heteroatoms. The van der Waals surface area contributed by atoms with Gasteiger partial charge in [-0.15, -0.1) is 0 Å². The van der Waals surface area contributed by atoms with Gasteiger partial charge in [0, 0.05) is 11.4 Å². The van der Waals surface area contributed by atoms with Crippen LogP contribution in [0.25, 0.3) is 6.08 Å². The Balaban J connectivity index is 1.77. The largest absolute Gasteiger partial charge is 0.490 e. The number of hydrogen-bond acceptors (Lipinski definition) is 5. The molecule has 178 valence electrons. The van der Waals surface area contributed by atoms with Crippen LogP contribution in [0.3, 0.4) is 0 Å². The number of amides is 2. The Morgan fingerprint density at radius 1 is 1.00 bits per heavy atom. The minimum Gasteiger partial charge on any atom is -0.490 e. The molecule has 7 nitrogen and oxygen atoms in total. The first-order chi connectivity index (χ1) is 16.9. The number of hydrogen-bond donors (Lipinski definition) is 2. The molecule has 0 aliphatic heterocycles. The van der Waals surface area contributed by atoms with Crippen molar-refractivity contribution in [3.8, 4) is 17.6 Å². The summed E-state index contributed by atoms with van der Waals surface area (Å²) in [6, 6.07) is 21.8. The predicted octanol–water partition coefficient (Wildman–Crippen LogP) is 5.56. The molecule has 0 spiro atoms. The fourth-order valence-corrected chi connectivity index (χ4v) is 3.86. The van der Waals surface area contributed by atoms with Crippen LogP contribution in [0.15, 0.2) is 72.3 Å². The average molecular weight is 581 g/mol. The van der Waals surface area contributed by atoms with Crippen molar-refractivity contribution in [3.05, 3.63) is 87.0 Å². The molecule has 3 rings (SSSR count). The van der Waals surface area contributed by atoms with Crippen molar-refractivity contribution in [2.75, 3.05) is 23.8 Å². The number of nitrogens with zero attached hydrogens (tertiary/aromatic N) is 1. The molecule has 0 bridgehead atoms. The van der Waals surface area contributed by atoms with Gasteiger partial charge >= 0.3 is 0 Å². The maximum atomic E-state index is 12.6. The highest BCUT2D eigenvalue weighted by Gasteiger charge is 2.16. The zero-order valence-corrected chi connectivity index (χ0v) is 21.5. The van der Waals surface area contributed by atoms with Crippen LogP contribution in [0.1, 0.15) is 18.1 Å². The summed E-state index contributed by atoms with van der Waals surface area (Å²) >= 11 is 2.07. The van der Waals surface area contributed by atoms with Crippen LogP contribution in [0.4, 0.5) is 11.4 Å². The van der Waals surface area contributed by atoms with E-state index >= 15 is 0 Å². The molecule has 0 fully saturated rings. The third kappa shape index (κ3) is 7.58. The molecule has 0 atom stereocenters. The molecule has 0 saturated heterocycles. The molecule has 35 heavy (non-hydrogen) atoms. The van der Waals surface area contributed by atoms with Gasteiger partial charge < -0.3 is 20.1 Å². The van der Waals surface area contributed by atoms with Crippen LogP contribution in [0, 0.1) is 21.8 Å². The summed E-state index contributed by atoms with van der Waals surface area (Å²) in [6.07, 6.45) is 1.49. The van der Waals surface area contributed by atoms with E-state index in [1.165, 1.54) is 6.08 Å². The highest BCUT2D eigenvalue weighted by molar-refractivity contribution is 14.1. The van der Waals surface area contributed by atoms with Gasteiger partial charge in [0.05, 0.1) is 10.2 Å². The van der Waals surface area contributed by atoms with Crippen LogP contribution in [-0.4, -0.2) is 25.0 Å². The van der Waals surface area contributed by atoms with Crippen LogP contribution < -0.4 is 20.1 Å². The number of halogens is 1. The summed E-state index contributed by atoms with van der Waals surface area (Å²) in [5.41, 5.74) is 2.88. The van der Waals surface area contributed by atoms with E-state index in [-0.39, 0.29) is 18.1 Å². The van der Waals surface area contributed by atoms with Gasteiger partial charge in [0.2, 0.25) is 0 Å². The Morgan fingerprint density at radius 3 is 2.34 bits per heavy atom. The molecule has 2 amide bonds. The molecule has 0 radical (unpaired) electrons. The number of aryl methyl sites for hydroxylation is 1. The number of carbonyl (C=O) groups is 2. The average Bonchev–Trinajstić information content (AvgIpc) is 2.84. The van der Waals surface area contributed by atoms with Gasteiger partial charge in [-0.25, -0.2) is 0 Å². The van der Waals surface area contributed by atoms with Crippen molar-refractivity contribution in [2.45, 2.75) is 13.8 Å². The summed E-state index contributed by atoms with van der Waals surface area (Å²) in [5, 5.41) is 15.1. The lowest BCUT2D eigenvalue weighted by Crippen LogP contribution is -2.20. The van der Waals surface area contributed by atoms with Gasteiger partial charge in [0.25, 0.3) is 11.8 Å². The maximum absolute atomic E-state index is 12.6. The second-order valence-corrected chi connectivity index (χ2v) is 8.62.